The van der Waals surface area contributed by atoms with Crippen LogP contribution in [-0.4, -0.2) is 33.0 Å². The number of amides is 1. The SMILES string of the molecule is COCc1nnc(NC(=O)Cc2c(C)nn(-c3ccccc3)c2C)s1. The number of ether oxygens (including phenoxy) is 1. The number of nitrogens with one attached hydrogen (secondary N) is 1. The minimum Gasteiger partial charge on any atom is -0.377 e. The number of methoxy groups -OCH3 is 1. The Bertz CT molecular complexity index is 873. The monoisotopic (exact) mass is 357 g/mol. The molecule has 7 nitrogen and oxygen atoms in total. The highest BCUT2D eigenvalue weighted by molar-refractivity contribution is 7.15. The quantitative estimate of drug-likeness (QED) is 0.733. The molecule has 0 saturated heterocycles. The number of aryl methyl sites for hydroxylation is 1. The highest BCUT2D eigenvalue weighted by atomic mass is 32.1. The zero-order chi connectivity index (χ0) is 17.8. The van der Waals surface area contributed by atoms with Crippen molar-refractivity contribution >= 4 is 22.4 Å². The Hall–Kier alpha value is -2.58. The highest BCUT2D eigenvalue weighted by Crippen LogP contribution is 2.20. The second-order valence-electron chi connectivity index (χ2n) is 5.56. The Labute approximate surface area is 149 Å². The van der Waals surface area contributed by atoms with Gasteiger partial charge in [-0.25, -0.2) is 4.68 Å². The van der Waals surface area contributed by atoms with Crippen LogP contribution in [0.25, 0.3) is 5.69 Å². The Morgan fingerprint density at radius 2 is 2.00 bits per heavy atom. The lowest BCUT2D eigenvalue weighted by molar-refractivity contribution is -0.115. The summed E-state index contributed by atoms with van der Waals surface area (Å²) in [6, 6.07) is 9.86. The average molecular weight is 357 g/mol. The van der Waals surface area contributed by atoms with E-state index in [9.17, 15) is 4.79 Å². The van der Waals surface area contributed by atoms with Gasteiger partial charge in [0.25, 0.3) is 0 Å². The first-order valence-corrected chi connectivity index (χ1v) is 8.62. The van der Waals surface area contributed by atoms with Crippen LogP contribution in [0.4, 0.5) is 5.13 Å². The number of hydrogen-bond donors (Lipinski definition) is 1. The number of carbonyl (C=O) groups excluding carboxylic acids is 1. The number of carbonyl (C=O) groups is 1. The molecule has 8 heteroatoms. The van der Waals surface area contributed by atoms with Gasteiger partial charge < -0.3 is 10.1 Å². The summed E-state index contributed by atoms with van der Waals surface area (Å²) in [5.74, 6) is -0.140. The van der Waals surface area contributed by atoms with Gasteiger partial charge in [-0.15, -0.1) is 10.2 Å². The van der Waals surface area contributed by atoms with E-state index in [-0.39, 0.29) is 12.3 Å². The van der Waals surface area contributed by atoms with Gasteiger partial charge in [-0.2, -0.15) is 5.10 Å². The van der Waals surface area contributed by atoms with Crippen molar-refractivity contribution in [2.75, 3.05) is 12.4 Å². The molecule has 1 amide bonds. The standard InChI is InChI=1S/C17H19N5O2S/c1-11-14(12(2)22(21-11)13-7-5-4-6-8-13)9-15(23)18-17-20-19-16(25-17)10-24-3/h4-8H,9-10H2,1-3H3,(H,18,20,23). The fraction of sp³-hybridized carbons (Fsp3) is 0.294. The van der Waals surface area contributed by atoms with Gasteiger partial charge in [-0.3, -0.25) is 4.79 Å². The molecule has 0 bridgehead atoms. The smallest absolute Gasteiger partial charge is 0.230 e. The van der Waals surface area contributed by atoms with E-state index in [1.54, 1.807) is 7.11 Å². The Morgan fingerprint density at radius 3 is 2.72 bits per heavy atom. The molecule has 0 spiro atoms. The van der Waals surface area contributed by atoms with Crippen molar-refractivity contribution in [3.05, 3.63) is 52.3 Å². The van der Waals surface area contributed by atoms with Crippen molar-refractivity contribution in [1.29, 1.82) is 0 Å². The Balaban J connectivity index is 1.74. The summed E-state index contributed by atoms with van der Waals surface area (Å²) in [7, 11) is 1.59. The molecule has 0 radical (unpaired) electrons. The molecule has 2 heterocycles. The number of para-hydroxylation sites is 1. The van der Waals surface area contributed by atoms with E-state index in [1.165, 1.54) is 11.3 Å². The Kier molecular flexibility index (Phi) is 5.20. The normalized spacial score (nSPS) is 10.8. The van der Waals surface area contributed by atoms with Gasteiger partial charge in [0.15, 0.2) is 0 Å². The lowest BCUT2D eigenvalue weighted by atomic mass is 10.1. The molecule has 0 atom stereocenters. The third-order valence-electron chi connectivity index (χ3n) is 3.76. The molecule has 0 aliphatic carbocycles. The molecule has 1 N–H and O–H groups in total. The third-order valence-corrected chi connectivity index (χ3v) is 4.57. The zero-order valence-electron chi connectivity index (χ0n) is 14.3. The fourth-order valence-electron chi connectivity index (χ4n) is 2.56. The number of rotatable bonds is 6. The van der Waals surface area contributed by atoms with E-state index < -0.39 is 0 Å². The number of aromatic nitrogens is 4. The first-order chi connectivity index (χ1) is 12.1. The van der Waals surface area contributed by atoms with E-state index in [0.717, 1.165) is 27.6 Å². The number of anilines is 1. The van der Waals surface area contributed by atoms with Crippen LogP contribution in [0.2, 0.25) is 0 Å². The number of nitrogens with zero attached hydrogens (tertiary/aromatic N) is 4. The van der Waals surface area contributed by atoms with Gasteiger partial charge in [0.2, 0.25) is 11.0 Å². The second kappa shape index (κ2) is 7.54. The summed E-state index contributed by atoms with van der Waals surface area (Å²) in [5.41, 5.74) is 3.69. The predicted molar refractivity (Wildman–Crippen MR) is 96.0 cm³/mol. The van der Waals surface area contributed by atoms with Crippen molar-refractivity contribution in [3.8, 4) is 5.69 Å². The molecule has 1 aromatic carbocycles. The van der Waals surface area contributed by atoms with Crippen LogP contribution in [-0.2, 0) is 22.6 Å². The van der Waals surface area contributed by atoms with Crippen LogP contribution >= 0.6 is 11.3 Å². The molecule has 0 saturated carbocycles. The highest BCUT2D eigenvalue weighted by Gasteiger charge is 2.17. The second-order valence-corrected chi connectivity index (χ2v) is 6.62. The van der Waals surface area contributed by atoms with Crippen LogP contribution in [0.15, 0.2) is 30.3 Å². The van der Waals surface area contributed by atoms with Crippen LogP contribution in [0.3, 0.4) is 0 Å². The maximum atomic E-state index is 12.4. The summed E-state index contributed by atoms with van der Waals surface area (Å²) < 4.78 is 6.86. The van der Waals surface area contributed by atoms with E-state index >= 15 is 0 Å². The van der Waals surface area contributed by atoms with Crippen molar-refractivity contribution < 1.29 is 9.53 Å². The molecule has 0 fully saturated rings. The van der Waals surface area contributed by atoms with Crippen LogP contribution in [0, 0.1) is 13.8 Å². The van der Waals surface area contributed by atoms with Gasteiger partial charge in [-0.1, -0.05) is 29.5 Å². The minimum absolute atomic E-state index is 0.140. The molecular weight excluding hydrogens is 338 g/mol. The summed E-state index contributed by atoms with van der Waals surface area (Å²) in [6.07, 6.45) is 0.240. The molecule has 3 aromatic rings. The van der Waals surface area contributed by atoms with Crippen molar-refractivity contribution in [2.45, 2.75) is 26.9 Å². The van der Waals surface area contributed by atoms with Gasteiger partial charge in [0.05, 0.1) is 17.8 Å². The predicted octanol–water partition coefficient (Wildman–Crippen LogP) is 2.67. The van der Waals surface area contributed by atoms with E-state index in [1.807, 2.05) is 48.9 Å². The molecule has 0 unspecified atom stereocenters. The Morgan fingerprint density at radius 1 is 1.24 bits per heavy atom. The fourth-order valence-corrected chi connectivity index (χ4v) is 3.29. The molecule has 25 heavy (non-hydrogen) atoms. The minimum atomic E-state index is -0.140. The first kappa shape index (κ1) is 17.2. The maximum Gasteiger partial charge on any atom is 0.230 e. The lowest BCUT2D eigenvalue weighted by Gasteiger charge is -2.05. The molecule has 130 valence electrons. The summed E-state index contributed by atoms with van der Waals surface area (Å²) in [6.45, 7) is 4.27. The van der Waals surface area contributed by atoms with Crippen LogP contribution < -0.4 is 5.32 Å². The van der Waals surface area contributed by atoms with Crippen molar-refractivity contribution in [2.24, 2.45) is 0 Å². The largest absolute Gasteiger partial charge is 0.377 e. The summed E-state index contributed by atoms with van der Waals surface area (Å²) in [4.78, 5) is 12.4. The maximum absolute atomic E-state index is 12.4. The van der Waals surface area contributed by atoms with E-state index in [4.69, 9.17) is 4.74 Å². The molecule has 3 rings (SSSR count). The van der Waals surface area contributed by atoms with Crippen molar-refractivity contribution in [3.63, 3.8) is 0 Å². The topological polar surface area (TPSA) is 81.9 Å². The van der Waals surface area contributed by atoms with Gasteiger partial charge in [0.1, 0.15) is 11.6 Å². The molecule has 0 aliphatic rings. The zero-order valence-corrected chi connectivity index (χ0v) is 15.1. The van der Waals surface area contributed by atoms with Gasteiger partial charge >= 0.3 is 0 Å². The van der Waals surface area contributed by atoms with Gasteiger partial charge in [0, 0.05) is 18.4 Å². The van der Waals surface area contributed by atoms with Crippen LogP contribution in [0.5, 0.6) is 0 Å². The summed E-state index contributed by atoms with van der Waals surface area (Å²) >= 11 is 1.31. The van der Waals surface area contributed by atoms with E-state index in [0.29, 0.717) is 11.7 Å². The van der Waals surface area contributed by atoms with Crippen molar-refractivity contribution in [1.82, 2.24) is 20.0 Å². The molecule has 2 aromatic heterocycles. The number of benzene rings is 1. The third kappa shape index (κ3) is 3.92. The summed E-state index contributed by atoms with van der Waals surface area (Å²) in [5, 5.41) is 16.5. The van der Waals surface area contributed by atoms with Crippen LogP contribution in [0.1, 0.15) is 22.0 Å². The molecule has 0 aliphatic heterocycles. The molecular formula is C17H19N5O2S. The average Bonchev–Trinajstić information content (AvgIpc) is 3.15. The lowest BCUT2D eigenvalue weighted by Crippen LogP contribution is -2.15. The van der Waals surface area contributed by atoms with E-state index in [2.05, 4.69) is 20.6 Å². The van der Waals surface area contributed by atoms with Gasteiger partial charge in [-0.05, 0) is 26.0 Å². The number of hydrogen-bond acceptors (Lipinski definition) is 6. The first-order valence-electron chi connectivity index (χ1n) is 7.80.